The van der Waals surface area contributed by atoms with Crippen LogP contribution in [0.1, 0.15) is 76.3 Å². The normalized spacial score (nSPS) is 21.5. The van der Waals surface area contributed by atoms with Gasteiger partial charge < -0.3 is 0 Å². The van der Waals surface area contributed by atoms with Crippen LogP contribution in [0.4, 0.5) is 0 Å². The molecule has 0 radical (unpaired) electrons. The number of unbranched alkanes of at least 4 members (excludes halogenated alkanes) is 1. The topological polar surface area (TPSA) is 0 Å². The van der Waals surface area contributed by atoms with E-state index in [4.69, 9.17) is 0 Å². The summed E-state index contributed by atoms with van der Waals surface area (Å²) in [5, 5.41) is 0. The van der Waals surface area contributed by atoms with E-state index in [9.17, 15) is 0 Å². The fourth-order valence-electron chi connectivity index (χ4n) is 3.25. The van der Waals surface area contributed by atoms with Gasteiger partial charge in [0.15, 0.2) is 0 Å². The van der Waals surface area contributed by atoms with E-state index in [0.717, 1.165) is 17.9 Å². The highest BCUT2D eigenvalue weighted by atomic mass is 14.2. The number of hydrogen-bond acceptors (Lipinski definition) is 0. The molecule has 0 bridgehead atoms. The van der Waals surface area contributed by atoms with Crippen LogP contribution in [0.2, 0.25) is 0 Å². The van der Waals surface area contributed by atoms with Gasteiger partial charge in [-0.1, -0.05) is 69.2 Å². The van der Waals surface area contributed by atoms with E-state index in [0.29, 0.717) is 5.92 Å². The highest BCUT2D eigenvalue weighted by Gasteiger charge is 2.18. The van der Waals surface area contributed by atoms with Crippen molar-refractivity contribution in [1.82, 2.24) is 0 Å². The Balaban J connectivity index is 1.84. The summed E-state index contributed by atoms with van der Waals surface area (Å²) >= 11 is 0. The third kappa shape index (κ3) is 5.72. The first kappa shape index (κ1) is 16.9. The summed E-state index contributed by atoms with van der Waals surface area (Å²) in [6, 6.07) is 8.66. The largest absolute Gasteiger partial charge is 0.0945 e. The van der Waals surface area contributed by atoms with Gasteiger partial charge in [-0.2, -0.15) is 0 Å². The van der Waals surface area contributed by atoms with E-state index in [1.807, 2.05) is 0 Å². The molecular formula is C22H30. The molecule has 0 saturated heterocycles. The molecule has 0 unspecified atom stereocenters. The minimum Gasteiger partial charge on any atom is -0.0945 e. The molecule has 1 saturated carbocycles. The lowest BCUT2D eigenvalue weighted by Crippen LogP contribution is -2.13. The van der Waals surface area contributed by atoms with Gasteiger partial charge >= 0.3 is 0 Å². The lowest BCUT2D eigenvalue weighted by Gasteiger charge is -2.25. The van der Waals surface area contributed by atoms with Crippen molar-refractivity contribution < 1.29 is 0 Å². The van der Waals surface area contributed by atoms with Crippen LogP contribution in [0.5, 0.6) is 0 Å². The molecule has 0 N–H and O–H groups in total. The van der Waals surface area contributed by atoms with Crippen molar-refractivity contribution in [1.29, 1.82) is 0 Å². The minimum atomic E-state index is 0.622. The predicted molar refractivity (Wildman–Crippen MR) is 97.6 cm³/mol. The summed E-state index contributed by atoms with van der Waals surface area (Å²) < 4.78 is 0. The Morgan fingerprint density at radius 2 is 1.73 bits per heavy atom. The zero-order chi connectivity index (χ0) is 15.6. The smallest absolute Gasteiger partial charge is 0.0245 e. The molecule has 0 heterocycles. The van der Waals surface area contributed by atoms with Crippen LogP contribution in [-0.2, 0) is 0 Å². The van der Waals surface area contributed by atoms with E-state index in [1.165, 1.54) is 50.5 Å². The molecule has 1 aromatic rings. The molecule has 0 aliphatic heterocycles. The van der Waals surface area contributed by atoms with Gasteiger partial charge in [0.2, 0.25) is 0 Å². The van der Waals surface area contributed by atoms with E-state index < -0.39 is 0 Å². The van der Waals surface area contributed by atoms with Crippen molar-refractivity contribution in [3.05, 3.63) is 41.5 Å². The van der Waals surface area contributed by atoms with Gasteiger partial charge in [-0.3, -0.25) is 0 Å². The number of allylic oxidation sites excluding steroid dienone is 1. The van der Waals surface area contributed by atoms with Gasteiger partial charge in [0, 0.05) is 11.5 Å². The van der Waals surface area contributed by atoms with Gasteiger partial charge in [0.1, 0.15) is 0 Å². The van der Waals surface area contributed by atoms with Crippen LogP contribution >= 0.6 is 0 Å². The summed E-state index contributed by atoms with van der Waals surface area (Å²) in [6.07, 6.45) is 14.9. The van der Waals surface area contributed by atoms with Crippen LogP contribution in [0.25, 0.3) is 6.08 Å². The molecule has 118 valence electrons. The average molecular weight is 294 g/mol. The predicted octanol–water partition coefficient (Wildman–Crippen LogP) is 6.46. The highest BCUT2D eigenvalue weighted by Crippen LogP contribution is 2.31. The Morgan fingerprint density at radius 1 is 1.00 bits per heavy atom. The molecular weight excluding hydrogens is 264 g/mol. The first-order chi connectivity index (χ1) is 10.8. The maximum Gasteiger partial charge on any atom is 0.0245 e. The van der Waals surface area contributed by atoms with Crippen molar-refractivity contribution in [2.45, 2.75) is 65.2 Å². The average Bonchev–Trinajstić information content (AvgIpc) is 2.56. The lowest BCUT2D eigenvalue weighted by atomic mass is 9.80. The Morgan fingerprint density at radius 3 is 2.36 bits per heavy atom. The van der Waals surface area contributed by atoms with Crippen LogP contribution < -0.4 is 0 Å². The molecule has 2 rings (SSSR count). The monoisotopic (exact) mass is 294 g/mol. The molecule has 0 heteroatoms. The van der Waals surface area contributed by atoms with Gasteiger partial charge in [0.25, 0.3) is 0 Å². The van der Waals surface area contributed by atoms with Crippen molar-refractivity contribution in [3.63, 3.8) is 0 Å². The molecule has 22 heavy (non-hydrogen) atoms. The van der Waals surface area contributed by atoms with Gasteiger partial charge in [-0.15, -0.1) is 0 Å². The molecule has 0 aromatic heterocycles. The fraction of sp³-hybridized carbons (Fsp3) is 0.545. The number of rotatable bonds is 5. The van der Waals surface area contributed by atoms with E-state index in [2.05, 4.69) is 62.1 Å². The Labute approximate surface area is 137 Å². The standard InChI is InChI=1S/C22H30/c1-3-5-6-8-20-11-15-22(16-12-20)18-17-21-13-9-19(7-4-2)10-14-21/h6,8,11-12,15-16,19,21H,3-5,7,9-10,13-14H2,1-2H3. The first-order valence-corrected chi connectivity index (χ1v) is 9.10. The van der Waals surface area contributed by atoms with Crippen molar-refractivity contribution in [3.8, 4) is 11.8 Å². The highest BCUT2D eigenvalue weighted by molar-refractivity contribution is 5.51. The van der Waals surface area contributed by atoms with Crippen molar-refractivity contribution >= 4 is 6.08 Å². The molecule has 0 amide bonds. The Kier molecular flexibility index (Phi) is 7.31. The first-order valence-electron chi connectivity index (χ1n) is 9.10. The van der Waals surface area contributed by atoms with Gasteiger partial charge in [-0.25, -0.2) is 0 Å². The van der Waals surface area contributed by atoms with Crippen LogP contribution in [0.15, 0.2) is 30.3 Å². The SMILES string of the molecule is CCCC=Cc1ccc(C#CC2CCC(CCC)CC2)cc1. The lowest BCUT2D eigenvalue weighted by molar-refractivity contribution is 0.300. The summed E-state index contributed by atoms with van der Waals surface area (Å²) in [7, 11) is 0. The Hall–Kier alpha value is -1.48. The van der Waals surface area contributed by atoms with Crippen LogP contribution in [0, 0.1) is 23.7 Å². The van der Waals surface area contributed by atoms with E-state index >= 15 is 0 Å². The number of hydrogen-bond donors (Lipinski definition) is 0. The minimum absolute atomic E-state index is 0.622. The molecule has 0 nitrogen and oxygen atoms in total. The van der Waals surface area contributed by atoms with Gasteiger partial charge in [0.05, 0.1) is 0 Å². The van der Waals surface area contributed by atoms with Crippen LogP contribution in [-0.4, -0.2) is 0 Å². The zero-order valence-electron chi connectivity index (χ0n) is 14.3. The van der Waals surface area contributed by atoms with Crippen molar-refractivity contribution in [2.75, 3.05) is 0 Å². The third-order valence-electron chi connectivity index (χ3n) is 4.64. The van der Waals surface area contributed by atoms with Crippen LogP contribution in [0.3, 0.4) is 0 Å². The maximum atomic E-state index is 3.50. The van der Waals surface area contributed by atoms with Gasteiger partial charge in [-0.05, 0) is 55.7 Å². The molecule has 1 aliphatic rings. The molecule has 0 spiro atoms. The summed E-state index contributed by atoms with van der Waals surface area (Å²) in [5.41, 5.74) is 2.43. The third-order valence-corrected chi connectivity index (χ3v) is 4.64. The van der Waals surface area contributed by atoms with E-state index in [-0.39, 0.29) is 0 Å². The number of benzene rings is 1. The molecule has 0 atom stereocenters. The summed E-state index contributed by atoms with van der Waals surface area (Å²) in [6.45, 7) is 4.51. The second-order valence-electron chi connectivity index (χ2n) is 6.59. The Bertz CT molecular complexity index is 501. The summed E-state index contributed by atoms with van der Waals surface area (Å²) in [4.78, 5) is 0. The zero-order valence-corrected chi connectivity index (χ0v) is 14.3. The second-order valence-corrected chi connectivity index (χ2v) is 6.59. The quantitative estimate of drug-likeness (QED) is 0.547. The maximum absolute atomic E-state index is 3.50. The molecule has 1 aliphatic carbocycles. The molecule has 1 fully saturated rings. The summed E-state index contributed by atoms with van der Waals surface area (Å²) in [5.74, 6) is 8.48. The van der Waals surface area contributed by atoms with Crippen molar-refractivity contribution in [2.24, 2.45) is 11.8 Å². The fourth-order valence-corrected chi connectivity index (χ4v) is 3.25. The second kappa shape index (κ2) is 9.52. The van der Waals surface area contributed by atoms with E-state index in [1.54, 1.807) is 0 Å². The molecule has 1 aromatic carbocycles.